The molecule has 1 fully saturated rings. The average Bonchev–Trinajstić information content (AvgIpc) is 2.77. The van der Waals surface area contributed by atoms with Crippen LogP contribution < -0.4 is 0 Å². The third-order valence-electron chi connectivity index (χ3n) is 5.08. The molecule has 0 aromatic heterocycles. The van der Waals surface area contributed by atoms with E-state index in [0.717, 1.165) is 6.08 Å². The van der Waals surface area contributed by atoms with Crippen molar-refractivity contribution in [3.05, 3.63) is 59.7 Å². The Morgan fingerprint density at radius 1 is 0.758 bits per heavy atom. The number of benzene rings is 2. The van der Waals surface area contributed by atoms with Crippen molar-refractivity contribution in [3.8, 4) is 23.0 Å². The van der Waals surface area contributed by atoms with E-state index in [-0.39, 0.29) is 35.8 Å². The van der Waals surface area contributed by atoms with E-state index in [1.807, 2.05) is 0 Å². The van der Waals surface area contributed by atoms with E-state index < -0.39 is 30.3 Å². The standard InChI is InChI=1S/C24H24O9/c25-17-6-1-14(11-20(17)28)3-9-23(30)32-16-5-8-19(27)22(13-16)33-24(31)10-4-15-2-7-18(26)21(29)12-15/h1-4,6-7,9-12,16,19,22,25-29H,5,8,13H2/b9-3+,10-4+/t16?,19-,22?/m0/s1. The van der Waals surface area contributed by atoms with E-state index in [1.165, 1.54) is 54.6 Å². The number of aliphatic hydroxyl groups excluding tert-OH is 1. The van der Waals surface area contributed by atoms with E-state index in [1.54, 1.807) is 0 Å². The molecular weight excluding hydrogens is 432 g/mol. The maximum Gasteiger partial charge on any atom is 0.331 e. The Balaban J connectivity index is 1.53. The number of hydrogen-bond acceptors (Lipinski definition) is 9. The highest BCUT2D eigenvalue weighted by molar-refractivity contribution is 5.88. The van der Waals surface area contributed by atoms with Gasteiger partial charge >= 0.3 is 11.9 Å². The zero-order valence-corrected chi connectivity index (χ0v) is 17.5. The lowest BCUT2D eigenvalue weighted by Crippen LogP contribution is -2.40. The molecular formula is C24H24O9. The minimum atomic E-state index is -0.898. The molecule has 0 radical (unpaired) electrons. The molecule has 9 heteroatoms. The van der Waals surface area contributed by atoms with E-state index in [4.69, 9.17) is 9.47 Å². The zero-order valence-electron chi connectivity index (χ0n) is 17.5. The minimum Gasteiger partial charge on any atom is -0.504 e. The van der Waals surface area contributed by atoms with Crippen LogP contribution in [0.1, 0.15) is 30.4 Å². The van der Waals surface area contributed by atoms with E-state index in [9.17, 15) is 35.1 Å². The summed E-state index contributed by atoms with van der Waals surface area (Å²) in [5.41, 5.74) is 0.953. The fourth-order valence-corrected chi connectivity index (χ4v) is 3.32. The lowest BCUT2D eigenvalue weighted by molar-refractivity contribution is -0.161. The number of aromatic hydroxyl groups is 4. The Labute approximate surface area is 189 Å². The van der Waals surface area contributed by atoms with Crippen LogP contribution in [0.4, 0.5) is 0 Å². The van der Waals surface area contributed by atoms with Gasteiger partial charge in [0, 0.05) is 18.6 Å². The molecule has 2 aromatic rings. The molecule has 0 heterocycles. The van der Waals surface area contributed by atoms with Gasteiger partial charge in [-0.05, 0) is 60.4 Å². The number of phenols is 4. The van der Waals surface area contributed by atoms with Crippen LogP contribution in [0.3, 0.4) is 0 Å². The molecule has 33 heavy (non-hydrogen) atoms. The van der Waals surface area contributed by atoms with Crippen LogP contribution in [0, 0.1) is 0 Å². The maximum absolute atomic E-state index is 12.1. The second kappa shape index (κ2) is 10.6. The largest absolute Gasteiger partial charge is 0.504 e. The average molecular weight is 456 g/mol. The third-order valence-corrected chi connectivity index (χ3v) is 5.08. The molecule has 1 aliphatic rings. The second-order valence-electron chi connectivity index (χ2n) is 7.58. The highest BCUT2D eigenvalue weighted by Gasteiger charge is 2.33. The lowest BCUT2D eigenvalue weighted by Gasteiger charge is -2.32. The number of phenolic OH excluding ortho intramolecular Hbond substituents is 4. The normalized spacial score (nSPS) is 20.7. The molecule has 2 unspecified atom stereocenters. The fourth-order valence-electron chi connectivity index (χ4n) is 3.32. The number of carbonyl (C=O) groups is 2. The summed E-state index contributed by atoms with van der Waals surface area (Å²) in [5, 5.41) is 47.8. The highest BCUT2D eigenvalue weighted by atomic mass is 16.6. The maximum atomic E-state index is 12.1. The van der Waals surface area contributed by atoms with Gasteiger partial charge < -0.3 is 35.0 Å². The van der Waals surface area contributed by atoms with Crippen LogP contribution in [0.5, 0.6) is 23.0 Å². The molecule has 1 aliphatic carbocycles. The van der Waals surface area contributed by atoms with Crippen LogP contribution in [-0.2, 0) is 19.1 Å². The SMILES string of the molecule is O=C(/C=C/c1ccc(O)c(O)c1)OC1CC[C@H](O)C(OC(=O)/C=C/c2ccc(O)c(O)c2)C1. The molecule has 5 N–H and O–H groups in total. The first-order valence-corrected chi connectivity index (χ1v) is 10.2. The Bertz CT molecular complexity index is 1070. The number of rotatable bonds is 6. The number of hydrogen-bond donors (Lipinski definition) is 5. The molecule has 0 spiro atoms. The van der Waals surface area contributed by atoms with Gasteiger partial charge in [-0.2, -0.15) is 0 Å². The summed E-state index contributed by atoms with van der Waals surface area (Å²) in [4.78, 5) is 24.2. The number of ether oxygens (including phenoxy) is 2. The van der Waals surface area contributed by atoms with Gasteiger partial charge in [-0.1, -0.05) is 12.1 Å². The van der Waals surface area contributed by atoms with Gasteiger partial charge in [0.25, 0.3) is 0 Å². The van der Waals surface area contributed by atoms with E-state index in [2.05, 4.69) is 0 Å². The number of aliphatic hydroxyl groups is 1. The predicted octanol–water partition coefficient (Wildman–Crippen LogP) is 2.60. The van der Waals surface area contributed by atoms with Gasteiger partial charge in [0.1, 0.15) is 12.2 Å². The van der Waals surface area contributed by atoms with Gasteiger partial charge in [0.2, 0.25) is 0 Å². The first-order valence-electron chi connectivity index (χ1n) is 10.2. The summed E-state index contributed by atoms with van der Waals surface area (Å²) in [5.74, 6) is -2.54. The summed E-state index contributed by atoms with van der Waals surface area (Å²) in [6, 6.07) is 8.15. The van der Waals surface area contributed by atoms with Crippen molar-refractivity contribution in [1.29, 1.82) is 0 Å². The topological polar surface area (TPSA) is 154 Å². The van der Waals surface area contributed by atoms with Gasteiger partial charge in [-0.15, -0.1) is 0 Å². The highest BCUT2D eigenvalue weighted by Crippen LogP contribution is 2.27. The van der Waals surface area contributed by atoms with E-state index >= 15 is 0 Å². The molecule has 0 aliphatic heterocycles. The van der Waals surface area contributed by atoms with Crippen LogP contribution in [0.2, 0.25) is 0 Å². The van der Waals surface area contributed by atoms with Crippen LogP contribution in [-0.4, -0.2) is 55.8 Å². The first kappa shape index (κ1) is 23.7. The predicted molar refractivity (Wildman–Crippen MR) is 117 cm³/mol. The molecule has 9 nitrogen and oxygen atoms in total. The van der Waals surface area contributed by atoms with Gasteiger partial charge in [0.05, 0.1) is 6.10 Å². The van der Waals surface area contributed by atoms with Crippen LogP contribution in [0.15, 0.2) is 48.6 Å². The second-order valence-corrected chi connectivity index (χ2v) is 7.58. The Morgan fingerprint density at radius 2 is 1.27 bits per heavy atom. The molecule has 3 rings (SSSR count). The summed E-state index contributed by atoms with van der Waals surface area (Å²) < 4.78 is 10.7. The van der Waals surface area contributed by atoms with Gasteiger partial charge in [-0.3, -0.25) is 0 Å². The number of carbonyl (C=O) groups excluding carboxylic acids is 2. The smallest absolute Gasteiger partial charge is 0.331 e. The Morgan fingerprint density at radius 3 is 1.79 bits per heavy atom. The van der Waals surface area contributed by atoms with Crippen molar-refractivity contribution in [1.82, 2.24) is 0 Å². The van der Waals surface area contributed by atoms with Crippen molar-refractivity contribution in [2.24, 2.45) is 0 Å². The van der Waals surface area contributed by atoms with E-state index in [0.29, 0.717) is 17.5 Å². The minimum absolute atomic E-state index is 0.125. The van der Waals surface area contributed by atoms with Crippen LogP contribution >= 0.6 is 0 Å². The fraction of sp³-hybridized carbons (Fsp3) is 0.250. The quantitative estimate of drug-likeness (QED) is 0.251. The third kappa shape index (κ3) is 6.75. The van der Waals surface area contributed by atoms with Crippen molar-refractivity contribution >= 4 is 24.1 Å². The molecule has 174 valence electrons. The van der Waals surface area contributed by atoms with Crippen molar-refractivity contribution in [2.75, 3.05) is 0 Å². The van der Waals surface area contributed by atoms with Crippen molar-refractivity contribution in [3.63, 3.8) is 0 Å². The Kier molecular flexibility index (Phi) is 7.57. The first-order chi connectivity index (χ1) is 15.7. The molecule has 0 saturated heterocycles. The molecule has 0 amide bonds. The summed E-state index contributed by atoms with van der Waals surface area (Å²) in [6.07, 6.45) is 3.60. The summed E-state index contributed by atoms with van der Waals surface area (Å²) in [7, 11) is 0. The van der Waals surface area contributed by atoms with Crippen molar-refractivity contribution in [2.45, 2.75) is 37.6 Å². The summed E-state index contributed by atoms with van der Waals surface area (Å²) >= 11 is 0. The summed E-state index contributed by atoms with van der Waals surface area (Å²) in [6.45, 7) is 0. The Hall–Kier alpha value is -3.98. The number of esters is 2. The monoisotopic (exact) mass is 456 g/mol. The van der Waals surface area contributed by atoms with Gasteiger partial charge in [0.15, 0.2) is 23.0 Å². The molecule has 3 atom stereocenters. The van der Waals surface area contributed by atoms with Crippen molar-refractivity contribution < 1.29 is 44.6 Å². The van der Waals surface area contributed by atoms with Gasteiger partial charge in [-0.25, -0.2) is 9.59 Å². The zero-order chi connectivity index (χ0) is 24.0. The molecule has 0 bridgehead atoms. The molecule has 1 saturated carbocycles. The lowest BCUT2D eigenvalue weighted by atomic mass is 9.92. The van der Waals surface area contributed by atoms with Crippen LogP contribution in [0.25, 0.3) is 12.2 Å². The molecule has 2 aromatic carbocycles.